The van der Waals surface area contributed by atoms with E-state index in [1.807, 2.05) is 25.1 Å². The van der Waals surface area contributed by atoms with Crippen molar-refractivity contribution in [2.75, 3.05) is 0 Å². The number of hydrogen-bond donors (Lipinski definition) is 0. The molecule has 0 fully saturated rings. The van der Waals surface area contributed by atoms with E-state index in [1.165, 1.54) is 0 Å². The Labute approximate surface area is 133 Å². The first-order valence-corrected chi connectivity index (χ1v) is 10.9. The van der Waals surface area contributed by atoms with Crippen LogP contribution in [0.3, 0.4) is 0 Å². The highest BCUT2D eigenvalue weighted by Crippen LogP contribution is 2.29. The fourth-order valence-corrected chi connectivity index (χ4v) is 2.82. The van der Waals surface area contributed by atoms with Gasteiger partial charge in [-0.15, -0.1) is 0 Å². The van der Waals surface area contributed by atoms with E-state index < -0.39 is 8.32 Å². The van der Waals surface area contributed by atoms with Crippen LogP contribution in [0.2, 0.25) is 19.6 Å². The number of para-hydroxylation sites is 1. The summed E-state index contributed by atoms with van der Waals surface area (Å²) in [5.41, 5.74) is 2.13. The third-order valence-electron chi connectivity index (χ3n) is 3.00. The molecule has 0 radical (unpaired) electrons. The summed E-state index contributed by atoms with van der Waals surface area (Å²) < 4.78 is 6.16. The van der Waals surface area contributed by atoms with E-state index in [-0.39, 0.29) is 6.04 Å². The van der Waals surface area contributed by atoms with E-state index in [0.717, 1.165) is 16.9 Å². The second-order valence-electron chi connectivity index (χ2n) is 6.33. The number of aryl methyl sites for hydroxylation is 1. The summed E-state index contributed by atoms with van der Waals surface area (Å²) in [5.74, 6) is 1.55. The minimum Gasteiger partial charge on any atom is -0.544 e. The lowest BCUT2D eigenvalue weighted by Gasteiger charge is -2.22. The van der Waals surface area contributed by atoms with Gasteiger partial charge in [-0.25, -0.2) is 9.97 Å². The van der Waals surface area contributed by atoms with Gasteiger partial charge < -0.3 is 4.43 Å². The maximum atomic E-state index is 6.16. The smallest absolute Gasteiger partial charge is 0.242 e. The number of aromatic nitrogens is 2. The van der Waals surface area contributed by atoms with Gasteiger partial charge in [0.2, 0.25) is 8.32 Å². The molecule has 4 nitrogen and oxygen atoms in total. The summed E-state index contributed by atoms with van der Waals surface area (Å²) in [6, 6.07) is 8.09. The summed E-state index contributed by atoms with van der Waals surface area (Å²) in [6.07, 6.45) is 5.30. The van der Waals surface area contributed by atoms with Crippen LogP contribution >= 0.6 is 0 Å². The second-order valence-corrected chi connectivity index (χ2v) is 10.8. The van der Waals surface area contributed by atoms with Gasteiger partial charge in [-0.3, -0.25) is 4.99 Å². The van der Waals surface area contributed by atoms with Crippen LogP contribution in [0.25, 0.3) is 0 Å². The van der Waals surface area contributed by atoms with E-state index in [9.17, 15) is 0 Å². The first-order chi connectivity index (χ1) is 10.3. The normalized spacial score (nSPS) is 13.3. The molecule has 0 spiro atoms. The van der Waals surface area contributed by atoms with E-state index in [2.05, 4.69) is 47.6 Å². The van der Waals surface area contributed by atoms with Crippen molar-refractivity contribution >= 4 is 14.5 Å². The fraction of sp³-hybridized carbons (Fsp3) is 0.353. The lowest BCUT2D eigenvalue weighted by molar-refractivity contribution is 0.543. The molecule has 0 aliphatic heterocycles. The molecule has 0 amide bonds. The maximum absolute atomic E-state index is 6.16. The molecule has 22 heavy (non-hydrogen) atoms. The molecule has 2 aromatic rings. The minimum atomic E-state index is -1.65. The molecule has 2 rings (SSSR count). The maximum Gasteiger partial charge on any atom is 0.242 e. The lowest BCUT2D eigenvalue weighted by Crippen LogP contribution is -2.29. The van der Waals surface area contributed by atoms with Crippen molar-refractivity contribution in [1.29, 1.82) is 0 Å². The van der Waals surface area contributed by atoms with Gasteiger partial charge in [0.05, 0.1) is 12.3 Å². The lowest BCUT2D eigenvalue weighted by atomic mass is 10.1. The van der Waals surface area contributed by atoms with Crippen LogP contribution < -0.4 is 4.43 Å². The van der Waals surface area contributed by atoms with Gasteiger partial charge in [0.1, 0.15) is 5.75 Å². The minimum absolute atomic E-state index is 0.00236. The number of hydrogen-bond acceptors (Lipinski definition) is 4. The third kappa shape index (κ3) is 4.77. The van der Waals surface area contributed by atoms with Gasteiger partial charge in [0.25, 0.3) is 0 Å². The van der Waals surface area contributed by atoms with Crippen LogP contribution in [0.4, 0.5) is 0 Å². The molecule has 0 saturated heterocycles. The summed E-state index contributed by atoms with van der Waals surface area (Å²) in [7, 11) is -1.65. The number of nitrogens with zero attached hydrogens (tertiary/aromatic N) is 3. The zero-order chi connectivity index (χ0) is 16.2. The average molecular weight is 313 g/mol. The molecule has 1 aromatic heterocycles. The SMILES string of the molecule is Cc1cnc(/C=N/C(C)c2ccccc2O[Si](C)(C)C)nc1. The van der Waals surface area contributed by atoms with Gasteiger partial charge in [0, 0.05) is 18.0 Å². The fourth-order valence-electron chi connectivity index (χ4n) is 1.98. The Hall–Kier alpha value is -2.01. The van der Waals surface area contributed by atoms with Crippen LogP contribution in [-0.2, 0) is 0 Å². The molecule has 0 saturated carbocycles. The molecule has 5 heteroatoms. The number of benzene rings is 1. The van der Waals surface area contributed by atoms with E-state index in [0.29, 0.717) is 5.82 Å². The highest BCUT2D eigenvalue weighted by molar-refractivity contribution is 6.70. The van der Waals surface area contributed by atoms with Gasteiger partial charge >= 0.3 is 0 Å². The molecule has 0 aliphatic rings. The van der Waals surface area contributed by atoms with E-state index in [1.54, 1.807) is 18.6 Å². The van der Waals surface area contributed by atoms with Crippen LogP contribution in [0.5, 0.6) is 5.75 Å². The summed E-state index contributed by atoms with van der Waals surface area (Å²) in [6.45, 7) is 10.6. The molecule has 1 atom stereocenters. The van der Waals surface area contributed by atoms with Crippen LogP contribution in [-0.4, -0.2) is 24.5 Å². The van der Waals surface area contributed by atoms with Crippen molar-refractivity contribution < 1.29 is 4.43 Å². The summed E-state index contributed by atoms with van der Waals surface area (Å²) >= 11 is 0. The Kier molecular flexibility index (Phi) is 5.08. The van der Waals surface area contributed by atoms with E-state index in [4.69, 9.17) is 4.43 Å². The molecule has 0 aliphatic carbocycles. The van der Waals surface area contributed by atoms with Crippen molar-refractivity contribution in [2.24, 2.45) is 4.99 Å². The molecule has 1 aromatic carbocycles. The number of aliphatic imine (C=N–C) groups is 1. The topological polar surface area (TPSA) is 47.4 Å². The Morgan fingerprint density at radius 1 is 1.14 bits per heavy atom. The van der Waals surface area contributed by atoms with Gasteiger partial charge in [-0.05, 0) is 45.1 Å². The van der Waals surface area contributed by atoms with Crippen LogP contribution in [0, 0.1) is 6.92 Å². The Balaban J connectivity index is 2.19. The monoisotopic (exact) mass is 313 g/mol. The largest absolute Gasteiger partial charge is 0.544 e. The highest BCUT2D eigenvalue weighted by atomic mass is 28.4. The van der Waals surface area contributed by atoms with Crippen molar-refractivity contribution in [2.45, 2.75) is 39.5 Å². The molecule has 0 bridgehead atoms. The molecule has 0 N–H and O–H groups in total. The molecule has 1 heterocycles. The third-order valence-corrected chi connectivity index (χ3v) is 3.83. The molecular weight excluding hydrogens is 290 g/mol. The van der Waals surface area contributed by atoms with Crippen molar-refractivity contribution in [3.05, 3.63) is 53.6 Å². The van der Waals surface area contributed by atoms with Crippen molar-refractivity contribution in [3.63, 3.8) is 0 Å². The quantitative estimate of drug-likeness (QED) is 0.614. The first-order valence-electron chi connectivity index (χ1n) is 7.45. The molecular formula is C17H23N3OSi. The zero-order valence-electron chi connectivity index (χ0n) is 13.9. The summed E-state index contributed by atoms with van der Waals surface area (Å²) in [5, 5.41) is 0. The Bertz CT molecular complexity index is 648. The first kappa shape index (κ1) is 16.4. The molecule has 116 valence electrons. The number of rotatable bonds is 5. The van der Waals surface area contributed by atoms with Gasteiger partial charge in [-0.1, -0.05) is 18.2 Å². The van der Waals surface area contributed by atoms with Crippen LogP contribution in [0.15, 0.2) is 41.7 Å². The van der Waals surface area contributed by atoms with E-state index >= 15 is 0 Å². The van der Waals surface area contributed by atoms with Gasteiger partial charge in [0.15, 0.2) is 5.82 Å². The van der Waals surface area contributed by atoms with Crippen molar-refractivity contribution in [3.8, 4) is 5.75 Å². The Morgan fingerprint density at radius 2 is 1.77 bits per heavy atom. The standard InChI is InChI=1S/C17H23N3OSi/c1-13-10-19-17(20-11-13)12-18-14(2)15-8-6-7-9-16(15)21-22(3,4)5/h6-12,14H,1-5H3/b18-12+. The zero-order valence-corrected chi connectivity index (χ0v) is 14.9. The summed E-state index contributed by atoms with van der Waals surface area (Å²) in [4.78, 5) is 13.1. The second kappa shape index (κ2) is 6.83. The highest BCUT2D eigenvalue weighted by Gasteiger charge is 2.19. The predicted octanol–water partition coefficient (Wildman–Crippen LogP) is 4.18. The predicted molar refractivity (Wildman–Crippen MR) is 93.2 cm³/mol. The molecule has 1 unspecified atom stereocenters. The van der Waals surface area contributed by atoms with Gasteiger partial charge in [-0.2, -0.15) is 0 Å². The van der Waals surface area contributed by atoms with Crippen LogP contribution in [0.1, 0.15) is 29.9 Å². The Morgan fingerprint density at radius 3 is 2.41 bits per heavy atom. The average Bonchev–Trinajstić information content (AvgIpc) is 2.45. The van der Waals surface area contributed by atoms with Crippen molar-refractivity contribution in [1.82, 2.24) is 9.97 Å².